The van der Waals surface area contributed by atoms with E-state index >= 15 is 0 Å². The van der Waals surface area contributed by atoms with E-state index in [4.69, 9.17) is 10.8 Å². The van der Waals surface area contributed by atoms with Crippen molar-refractivity contribution in [2.45, 2.75) is 11.3 Å². The van der Waals surface area contributed by atoms with Gasteiger partial charge in [-0.15, -0.1) is 11.8 Å². The number of aliphatic hydroxyl groups excluding tert-OH is 1. The minimum atomic E-state index is 0.226. The van der Waals surface area contributed by atoms with Gasteiger partial charge in [-0.2, -0.15) is 0 Å². The van der Waals surface area contributed by atoms with Crippen LogP contribution in [-0.4, -0.2) is 32.0 Å². The molecule has 136 valence electrons. The van der Waals surface area contributed by atoms with Crippen LogP contribution in [0.25, 0.3) is 27.8 Å². The predicted octanol–water partition coefficient (Wildman–Crippen LogP) is 4.14. The molecule has 0 aliphatic rings. The fourth-order valence-electron chi connectivity index (χ4n) is 3.08. The van der Waals surface area contributed by atoms with Gasteiger partial charge in [0.2, 0.25) is 0 Å². The molecule has 2 aromatic heterocycles. The van der Waals surface area contributed by atoms with E-state index < -0.39 is 0 Å². The molecule has 3 N–H and O–H groups in total. The molecule has 0 spiro atoms. The Morgan fingerprint density at radius 3 is 2.52 bits per heavy atom. The fourth-order valence-corrected chi connectivity index (χ4v) is 3.91. The molecular weight excluding hydrogens is 356 g/mol. The first-order chi connectivity index (χ1) is 13.3. The zero-order chi connectivity index (χ0) is 18.6. The molecule has 4 aromatic rings. The van der Waals surface area contributed by atoms with Crippen LogP contribution in [0.4, 0.5) is 5.82 Å². The van der Waals surface area contributed by atoms with E-state index in [1.54, 1.807) is 11.8 Å². The number of nitrogens with two attached hydrogens (primary N) is 1. The van der Waals surface area contributed by atoms with Crippen LogP contribution < -0.4 is 5.73 Å². The van der Waals surface area contributed by atoms with Crippen molar-refractivity contribution in [3.05, 3.63) is 67.1 Å². The van der Waals surface area contributed by atoms with Gasteiger partial charge in [0.15, 0.2) is 5.65 Å². The Morgan fingerprint density at radius 1 is 1.00 bits per heavy atom. The number of anilines is 1. The molecule has 0 saturated carbocycles. The molecule has 5 nitrogen and oxygen atoms in total. The zero-order valence-corrected chi connectivity index (χ0v) is 15.6. The predicted molar refractivity (Wildman–Crippen MR) is 111 cm³/mol. The lowest BCUT2D eigenvalue weighted by molar-refractivity contribution is 0.296. The summed E-state index contributed by atoms with van der Waals surface area (Å²) >= 11 is 1.74. The number of nitrogens with zero attached hydrogens (tertiary/aromatic N) is 3. The number of nitrogen functional groups attached to an aromatic ring is 1. The third-order valence-corrected chi connectivity index (χ3v) is 5.48. The first-order valence-corrected chi connectivity index (χ1v) is 9.77. The Labute approximate surface area is 161 Å². The van der Waals surface area contributed by atoms with Crippen LogP contribution in [0, 0.1) is 0 Å². The van der Waals surface area contributed by atoms with Crippen molar-refractivity contribution >= 4 is 28.6 Å². The van der Waals surface area contributed by atoms with Crippen molar-refractivity contribution in [3.8, 4) is 16.8 Å². The summed E-state index contributed by atoms with van der Waals surface area (Å²) in [7, 11) is 0. The SMILES string of the molecule is Nc1ncnc2c1c(-c1ccccc1)cn2-c1ccc(SCCCO)cc1. The molecule has 0 radical (unpaired) electrons. The molecule has 0 saturated heterocycles. The van der Waals surface area contributed by atoms with Crippen LogP contribution in [0.5, 0.6) is 0 Å². The normalized spacial score (nSPS) is 11.1. The molecule has 27 heavy (non-hydrogen) atoms. The van der Waals surface area contributed by atoms with Gasteiger partial charge in [-0.1, -0.05) is 30.3 Å². The number of hydrogen-bond donors (Lipinski definition) is 2. The lowest BCUT2D eigenvalue weighted by Gasteiger charge is -2.06. The minimum Gasteiger partial charge on any atom is -0.396 e. The summed E-state index contributed by atoms with van der Waals surface area (Å²) in [5.74, 6) is 1.39. The van der Waals surface area contributed by atoms with E-state index in [0.29, 0.717) is 5.82 Å². The van der Waals surface area contributed by atoms with Gasteiger partial charge in [-0.3, -0.25) is 0 Å². The number of fused-ring (bicyclic) bond motifs is 1. The Hall–Kier alpha value is -2.83. The number of thioether (sulfide) groups is 1. The minimum absolute atomic E-state index is 0.226. The van der Waals surface area contributed by atoms with Gasteiger partial charge in [0, 0.05) is 34.7 Å². The number of aliphatic hydroxyl groups is 1. The van der Waals surface area contributed by atoms with Crippen molar-refractivity contribution in [1.82, 2.24) is 14.5 Å². The summed E-state index contributed by atoms with van der Waals surface area (Å²) in [6.07, 6.45) is 4.37. The van der Waals surface area contributed by atoms with Crippen LogP contribution in [0.3, 0.4) is 0 Å². The number of hydrogen-bond acceptors (Lipinski definition) is 5. The molecule has 2 aromatic carbocycles. The van der Waals surface area contributed by atoms with Crippen molar-refractivity contribution in [2.75, 3.05) is 18.1 Å². The molecule has 4 rings (SSSR count). The van der Waals surface area contributed by atoms with E-state index in [1.807, 2.05) is 18.2 Å². The Kier molecular flexibility index (Phi) is 5.09. The van der Waals surface area contributed by atoms with Gasteiger partial charge in [-0.05, 0) is 36.2 Å². The van der Waals surface area contributed by atoms with Crippen LogP contribution in [0.2, 0.25) is 0 Å². The Bertz CT molecular complexity index is 1050. The maximum absolute atomic E-state index is 8.92. The summed E-state index contributed by atoms with van der Waals surface area (Å²) in [5.41, 5.74) is 10.1. The van der Waals surface area contributed by atoms with Gasteiger partial charge in [-0.25, -0.2) is 9.97 Å². The maximum Gasteiger partial charge on any atom is 0.150 e. The van der Waals surface area contributed by atoms with Crippen molar-refractivity contribution in [1.29, 1.82) is 0 Å². The molecule has 2 heterocycles. The number of benzene rings is 2. The Balaban J connectivity index is 1.77. The van der Waals surface area contributed by atoms with Gasteiger partial charge in [0.05, 0.1) is 5.39 Å². The van der Waals surface area contributed by atoms with Crippen LogP contribution in [-0.2, 0) is 0 Å². The van der Waals surface area contributed by atoms with E-state index in [2.05, 4.69) is 57.1 Å². The van der Waals surface area contributed by atoms with Gasteiger partial charge in [0.25, 0.3) is 0 Å². The van der Waals surface area contributed by atoms with Crippen LogP contribution >= 0.6 is 11.8 Å². The summed E-state index contributed by atoms with van der Waals surface area (Å²) in [4.78, 5) is 9.85. The molecule has 0 aliphatic carbocycles. The van der Waals surface area contributed by atoms with Crippen molar-refractivity contribution in [3.63, 3.8) is 0 Å². The summed E-state index contributed by atoms with van der Waals surface area (Å²) in [6, 6.07) is 18.5. The Morgan fingerprint density at radius 2 is 1.78 bits per heavy atom. The standard InChI is InChI=1S/C21H20N4OS/c22-20-19-18(15-5-2-1-3-6-15)13-25(21(19)24-14-23-20)16-7-9-17(10-8-16)27-12-4-11-26/h1-3,5-10,13-14,26H,4,11-12H2,(H2,22,23,24). The van der Waals surface area contributed by atoms with Crippen molar-refractivity contribution in [2.24, 2.45) is 0 Å². The number of aromatic nitrogens is 3. The highest BCUT2D eigenvalue weighted by molar-refractivity contribution is 7.99. The van der Waals surface area contributed by atoms with Gasteiger partial charge >= 0.3 is 0 Å². The summed E-state index contributed by atoms with van der Waals surface area (Å²) < 4.78 is 2.05. The monoisotopic (exact) mass is 376 g/mol. The third-order valence-electron chi connectivity index (χ3n) is 4.38. The van der Waals surface area contributed by atoms with Crippen LogP contribution in [0.15, 0.2) is 72.0 Å². The molecule has 0 amide bonds. The highest BCUT2D eigenvalue weighted by atomic mass is 32.2. The molecule has 0 aliphatic heterocycles. The average Bonchev–Trinajstić information content (AvgIpc) is 3.10. The molecule has 0 atom stereocenters. The highest BCUT2D eigenvalue weighted by Crippen LogP contribution is 2.34. The first-order valence-electron chi connectivity index (χ1n) is 8.79. The van der Waals surface area contributed by atoms with Gasteiger partial charge in [0.1, 0.15) is 12.1 Å². The molecule has 0 unspecified atom stereocenters. The highest BCUT2D eigenvalue weighted by Gasteiger charge is 2.15. The smallest absolute Gasteiger partial charge is 0.150 e. The second-order valence-electron chi connectivity index (χ2n) is 6.16. The largest absolute Gasteiger partial charge is 0.396 e. The lowest BCUT2D eigenvalue weighted by atomic mass is 10.1. The van der Waals surface area contributed by atoms with E-state index in [1.165, 1.54) is 11.2 Å². The summed E-state index contributed by atoms with van der Waals surface area (Å²) in [5, 5.41) is 9.78. The number of rotatable bonds is 6. The summed E-state index contributed by atoms with van der Waals surface area (Å²) in [6.45, 7) is 0.226. The fraction of sp³-hybridized carbons (Fsp3) is 0.143. The van der Waals surface area contributed by atoms with Crippen LogP contribution in [0.1, 0.15) is 6.42 Å². The molecule has 0 fully saturated rings. The topological polar surface area (TPSA) is 77.0 Å². The van der Waals surface area contributed by atoms with Crippen molar-refractivity contribution < 1.29 is 5.11 Å². The molecule has 6 heteroatoms. The van der Waals surface area contributed by atoms with E-state index in [0.717, 1.165) is 40.0 Å². The zero-order valence-electron chi connectivity index (χ0n) is 14.7. The first kappa shape index (κ1) is 17.6. The quantitative estimate of drug-likeness (QED) is 0.391. The van der Waals surface area contributed by atoms with E-state index in [9.17, 15) is 0 Å². The lowest BCUT2D eigenvalue weighted by Crippen LogP contribution is -1.96. The van der Waals surface area contributed by atoms with E-state index in [-0.39, 0.29) is 6.61 Å². The second kappa shape index (κ2) is 7.82. The molecular formula is C21H20N4OS. The second-order valence-corrected chi connectivity index (χ2v) is 7.32. The van der Waals surface area contributed by atoms with Gasteiger partial charge < -0.3 is 15.4 Å². The average molecular weight is 376 g/mol. The maximum atomic E-state index is 8.92. The third kappa shape index (κ3) is 3.54. The molecule has 0 bridgehead atoms.